The van der Waals surface area contributed by atoms with E-state index in [1.165, 1.54) is 23.1 Å². The van der Waals surface area contributed by atoms with E-state index in [1.807, 2.05) is 25.7 Å². The summed E-state index contributed by atoms with van der Waals surface area (Å²) in [7, 11) is 0. The van der Waals surface area contributed by atoms with Crippen molar-refractivity contribution in [3.63, 3.8) is 0 Å². The Kier molecular flexibility index (Phi) is 7.46. The summed E-state index contributed by atoms with van der Waals surface area (Å²) in [6.45, 7) is 9.46. The number of amides is 1. The largest absolute Gasteiger partial charge is 0.444 e. The Morgan fingerprint density at radius 2 is 1.70 bits per heavy atom. The summed E-state index contributed by atoms with van der Waals surface area (Å²) in [6, 6.07) is 11.0. The van der Waals surface area contributed by atoms with Gasteiger partial charge in [0.25, 0.3) is 0 Å². The standard InChI is InChI=1S/C27H38N2O3S/c1-26(2,3)32-25(30)29-16-14-28(15-17-29)19-24(27(31)12-5-4-6-13-27)22-9-7-21(8-10-22)23-11-18-33-20-23/h7-11,18,20,24,31H,4-6,12-17,19H2,1-3H3. The summed E-state index contributed by atoms with van der Waals surface area (Å²) >= 11 is 1.71. The molecule has 2 fully saturated rings. The lowest BCUT2D eigenvalue weighted by Crippen LogP contribution is -2.52. The lowest BCUT2D eigenvalue weighted by atomic mass is 9.72. The predicted octanol–water partition coefficient (Wildman–Crippen LogP) is 5.75. The minimum Gasteiger partial charge on any atom is -0.444 e. The van der Waals surface area contributed by atoms with Gasteiger partial charge >= 0.3 is 6.09 Å². The number of ether oxygens (including phenoxy) is 1. The molecule has 0 spiro atoms. The molecule has 1 aliphatic heterocycles. The van der Waals surface area contributed by atoms with Gasteiger partial charge in [-0.25, -0.2) is 4.79 Å². The minimum atomic E-state index is -0.662. The third-order valence-electron chi connectivity index (χ3n) is 7.00. The fraction of sp³-hybridized carbons (Fsp3) is 0.593. The van der Waals surface area contributed by atoms with E-state index in [2.05, 4.69) is 46.0 Å². The Morgan fingerprint density at radius 3 is 2.27 bits per heavy atom. The lowest BCUT2D eigenvalue weighted by molar-refractivity contribution is -0.0356. The Balaban J connectivity index is 1.46. The molecule has 1 aromatic carbocycles. The molecule has 2 aliphatic rings. The Bertz CT molecular complexity index is 890. The van der Waals surface area contributed by atoms with Crippen LogP contribution in [0.2, 0.25) is 0 Å². The molecule has 2 aromatic rings. The molecule has 1 atom stereocenters. The van der Waals surface area contributed by atoms with Crippen LogP contribution in [0.25, 0.3) is 11.1 Å². The highest BCUT2D eigenvalue weighted by molar-refractivity contribution is 7.08. The van der Waals surface area contributed by atoms with E-state index < -0.39 is 11.2 Å². The summed E-state index contributed by atoms with van der Waals surface area (Å²) in [5.74, 6) is 0.0717. The highest BCUT2D eigenvalue weighted by atomic mass is 32.1. The van der Waals surface area contributed by atoms with Crippen molar-refractivity contribution >= 4 is 17.4 Å². The molecule has 1 aromatic heterocycles. The summed E-state index contributed by atoms with van der Waals surface area (Å²) in [6.07, 6.45) is 4.89. The topological polar surface area (TPSA) is 53.0 Å². The zero-order chi connectivity index (χ0) is 23.5. The molecular formula is C27H38N2O3S. The normalized spacial score (nSPS) is 20.4. The van der Waals surface area contributed by atoms with E-state index in [4.69, 9.17) is 4.74 Å². The zero-order valence-corrected chi connectivity index (χ0v) is 21.1. The number of hydrogen-bond donors (Lipinski definition) is 1. The number of nitrogens with zero attached hydrogens (tertiary/aromatic N) is 2. The van der Waals surface area contributed by atoms with Gasteiger partial charge in [-0.1, -0.05) is 43.5 Å². The number of hydrogen-bond acceptors (Lipinski definition) is 5. The highest BCUT2D eigenvalue weighted by Crippen LogP contribution is 2.41. The maximum atomic E-state index is 12.4. The quantitative estimate of drug-likeness (QED) is 0.605. The first-order valence-electron chi connectivity index (χ1n) is 12.3. The van der Waals surface area contributed by atoms with Gasteiger partial charge < -0.3 is 14.7 Å². The van der Waals surface area contributed by atoms with E-state index in [9.17, 15) is 9.90 Å². The highest BCUT2D eigenvalue weighted by Gasteiger charge is 2.40. The molecule has 0 bridgehead atoms. The fourth-order valence-electron chi connectivity index (χ4n) is 5.13. The number of carbonyl (C=O) groups excluding carboxylic acids is 1. The van der Waals surface area contributed by atoms with Crippen LogP contribution < -0.4 is 0 Å². The molecule has 1 aliphatic carbocycles. The SMILES string of the molecule is CC(C)(C)OC(=O)N1CCN(CC(c2ccc(-c3ccsc3)cc2)C2(O)CCCCC2)CC1. The Hall–Kier alpha value is -1.89. The van der Waals surface area contributed by atoms with Crippen molar-refractivity contribution in [2.24, 2.45) is 0 Å². The number of aliphatic hydroxyl groups is 1. The van der Waals surface area contributed by atoms with E-state index in [0.29, 0.717) is 13.1 Å². The van der Waals surface area contributed by atoms with Crippen LogP contribution in [-0.2, 0) is 4.74 Å². The maximum absolute atomic E-state index is 12.4. The van der Waals surface area contributed by atoms with Crippen molar-refractivity contribution in [3.05, 3.63) is 46.7 Å². The second kappa shape index (κ2) is 10.2. The molecule has 180 valence electrons. The van der Waals surface area contributed by atoms with E-state index in [0.717, 1.165) is 45.3 Å². The second-order valence-electron chi connectivity index (χ2n) is 10.6. The molecule has 0 radical (unpaired) electrons. The second-order valence-corrected chi connectivity index (χ2v) is 11.4. The summed E-state index contributed by atoms with van der Waals surface area (Å²) in [5, 5.41) is 16.0. The minimum absolute atomic E-state index is 0.0717. The third-order valence-corrected chi connectivity index (χ3v) is 7.68. The van der Waals surface area contributed by atoms with Crippen LogP contribution in [-0.4, -0.2) is 64.9 Å². The van der Waals surface area contributed by atoms with Gasteiger partial charge in [-0.3, -0.25) is 4.90 Å². The van der Waals surface area contributed by atoms with Crippen molar-refractivity contribution in [2.75, 3.05) is 32.7 Å². The van der Waals surface area contributed by atoms with Crippen molar-refractivity contribution < 1.29 is 14.6 Å². The van der Waals surface area contributed by atoms with Gasteiger partial charge in [0.2, 0.25) is 0 Å². The first kappa shape index (κ1) is 24.2. The van der Waals surface area contributed by atoms with Gasteiger partial charge in [0, 0.05) is 38.6 Å². The summed E-state index contributed by atoms with van der Waals surface area (Å²) in [4.78, 5) is 16.7. The van der Waals surface area contributed by atoms with E-state index in [1.54, 1.807) is 11.3 Å². The fourth-order valence-corrected chi connectivity index (χ4v) is 5.80. The van der Waals surface area contributed by atoms with Crippen molar-refractivity contribution in [1.29, 1.82) is 0 Å². The molecule has 5 nitrogen and oxygen atoms in total. The molecule has 6 heteroatoms. The molecule has 4 rings (SSSR count). The number of piperazine rings is 1. The number of rotatable bonds is 5. The predicted molar refractivity (Wildman–Crippen MR) is 135 cm³/mol. The molecule has 1 amide bonds. The Morgan fingerprint density at radius 1 is 1.03 bits per heavy atom. The van der Waals surface area contributed by atoms with Crippen LogP contribution in [0.15, 0.2) is 41.1 Å². The summed E-state index contributed by atoms with van der Waals surface area (Å²) in [5.41, 5.74) is 2.55. The van der Waals surface area contributed by atoms with Crippen LogP contribution in [0.1, 0.15) is 64.4 Å². The number of carbonyl (C=O) groups is 1. The van der Waals surface area contributed by atoms with Gasteiger partial charge in [-0.05, 0) is 67.1 Å². The smallest absolute Gasteiger partial charge is 0.410 e. The van der Waals surface area contributed by atoms with Crippen LogP contribution >= 0.6 is 11.3 Å². The first-order chi connectivity index (χ1) is 15.7. The Labute approximate surface area is 202 Å². The maximum Gasteiger partial charge on any atom is 0.410 e. The molecule has 2 heterocycles. The first-order valence-corrected chi connectivity index (χ1v) is 13.2. The van der Waals surface area contributed by atoms with E-state index >= 15 is 0 Å². The van der Waals surface area contributed by atoms with E-state index in [-0.39, 0.29) is 12.0 Å². The van der Waals surface area contributed by atoms with Gasteiger partial charge in [-0.15, -0.1) is 0 Å². The zero-order valence-electron chi connectivity index (χ0n) is 20.3. The molecule has 33 heavy (non-hydrogen) atoms. The van der Waals surface area contributed by atoms with Crippen LogP contribution in [0, 0.1) is 0 Å². The third kappa shape index (κ3) is 6.17. The van der Waals surface area contributed by atoms with Crippen molar-refractivity contribution in [1.82, 2.24) is 9.80 Å². The van der Waals surface area contributed by atoms with Gasteiger partial charge in [-0.2, -0.15) is 11.3 Å². The van der Waals surface area contributed by atoms with Gasteiger partial charge in [0.15, 0.2) is 0 Å². The molecular weight excluding hydrogens is 432 g/mol. The van der Waals surface area contributed by atoms with Gasteiger partial charge in [0.1, 0.15) is 5.60 Å². The average Bonchev–Trinajstić information content (AvgIpc) is 3.32. The molecule has 1 saturated heterocycles. The van der Waals surface area contributed by atoms with Crippen molar-refractivity contribution in [3.8, 4) is 11.1 Å². The molecule has 1 N–H and O–H groups in total. The van der Waals surface area contributed by atoms with Gasteiger partial charge in [0.05, 0.1) is 5.60 Å². The van der Waals surface area contributed by atoms with Crippen LogP contribution in [0.5, 0.6) is 0 Å². The number of benzene rings is 1. The van der Waals surface area contributed by atoms with Crippen molar-refractivity contribution in [2.45, 2.75) is 70.0 Å². The van der Waals surface area contributed by atoms with Crippen LogP contribution in [0.3, 0.4) is 0 Å². The summed E-state index contributed by atoms with van der Waals surface area (Å²) < 4.78 is 5.55. The van der Waals surface area contributed by atoms with Crippen LogP contribution in [0.4, 0.5) is 4.79 Å². The molecule has 1 saturated carbocycles. The molecule has 1 unspecified atom stereocenters. The average molecular weight is 471 g/mol. The number of thiophene rings is 1. The lowest BCUT2D eigenvalue weighted by Gasteiger charge is -2.43. The monoisotopic (exact) mass is 470 g/mol.